The van der Waals surface area contributed by atoms with Crippen molar-refractivity contribution in [1.29, 1.82) is 0 Å². The topological polar surface area (TPSA) is 128 Å². The molecule has 1 aromatic carbocycles. The Hall–Kier alpha value is -4.73. The molecule has 4 aromatic rings. The van der Waals surface area contributed by atoms with Gasteiger partial charge in [0, 0.05) is 48.6 Å². The molecule has 3 N–H and O–H groups in total. The van der Waals surface area contributed by atoms with Gasteiger partial charge in [0.15, 0.2) is 0 Å². The van der Waals surface area contributed by atoms with Gasteiger partial charge in [-0.1, -0.05) is 18.2 Å². The van der Waals surface area contributed by atoms with Crippen LogP contribution >= 0.6 is 0 Å². The van der Waals surface area contributed by atoms with Gasteiger partial charge in [0.1, 0.15) is 17.4 Å². The minimum absolute atomic E-state index is 0.00734. The number of benzene rings is 1. The number of methoxy groups -OCH3 is 1. The third-order valence-electron chi connectivity index (χ3n) is 6.42. The fraction of sp³-hybridized carbons (Fsp3) is 0.222. The van der Waals surface area contributed by atoms with Crippen LogP contribution in [0.5, 0.6) is 5.75 Å². The van der Waals surface area contributed by atoms with Crippen molar-refractivity contribution in [3.8, 4) is 17.1 Å². The van der Waals surface area contributed by atoms with Gasteiger partial charge in [0.05, 0.1) is 18.3 Å². The van der Waals surface area contributed by atoms with E-state index >= 15 is 0 Å². The van der Waals surface area contributed by atoms with Gasteiger partial charge in [-0.2, -0.15) is 0 Å². The molecule has 5 rings (SSSR count). The van der Waals surface area contributed by atoms with Gasteiger partial charge in [0.25, 0.3) is 5.91 Å². The van der Waals surface area contributed by atoms with Crippen LogP contribution in [0.3, 0.4) is 0 Å². The number of carbonyl (C=O) groups is 2. The lowest BCUT2D eigenvalue weighted by Crippen LogP contribution is -2.26. The molecule has 37 heavy (non-hydrogen) atoms. The normalized spacial score (nSPS) is 15.4. The zero-order chi connectivity index (χ0) is 25.9. The summed E-state index contributed by atoms with van der Waals surface area (Å²) in [5.41, 5.74) is 9.26. The van der Waals surface area contributed by atoms with Crippen molar-refractivity contribution in [2.45, 2.75) is 19.3 Å². The number of hydrogen-bond donors (Lipinski definition) is 2. The molecule has 3 aromatic heterocycles. The summed E-state index contributed by atoms with van der Waals surface area (Å²) in [4.78, 5) is 40.3. The molecule has 0 spiro atoms. The smallest absolute Gasteiger partial charge is 0.256 e. The van der Waals surface area contributed by atoms with Crippen LogP contribution in [0.25, 0.3) is 16.9 Å². The zero-order valence-electron chi connectivity index (χ0n) is 20.6. The van der Waals surface area contributed by atoms with Crippen LogP contribution < -0.4 is 15.8 Å². The highest BCUT2D eigenvalue weighted by molar-refractivity contribution is 6.04. The third kappa shape index (κ3) is 4.73. The predicted molar refractivity (Wildman–Crippen MR) is 140 cm³/mol. The number of rotatable bonds is 6. The first-order valence-corrected chi connectivity index (χ1v) is 11.9. The van der Waals surface area contributed by atoms with Crippen LogP contribution in [0.4, 0.5) is 11.8 Å². The molecule has 0 aliphatic carbocycles. The van der Waals surface area contributed by atoms with Crippen LogP contribution in [0, 0.1) is 0 Å². The maximum absolute atomic E-state index is 12.8. The number of allylic oxidation sites excluding steroid dienone is 1. The lowest BCUT2D eigenvalue weighted by Gasteiger charge is -2.13. The van der Waals surface area contributed by atoms with E-state index < -0.39 is 0 Å². The van der Waals surface area contributed by atoms with E-state index in [9.17, 15) is 9.59 Å². The number of amides is 2. The SMILES string of the molecule is C/C=C/C(=O)N1CCC(c2nc(-c3ccc(C(=O)Nc4cc(OC)ccn4)cc3)n3c(N)nccc23)C1. The zero-order valence-corrected chi connectivity index (χ0v) is 20.6. The Bertz CT molecular complexity index is 1490. The van der Waals surface area contributed by atoms with Crippen molar-refractivity contribution < 1.29 is 14.3 Å². The molecule has 1 unspecified atom stereocenters. The van der Waals surface area contributed by atoms with Gasteiger partial charge in [0.2, 0.25) is 11.9 Å². The molecule has 1 saturated heterocycles. The van der Waals surface area contributed by atoms with E-state index in [1.54, 1.807) is 55.9 Å². The molecule has 1 fully saturated rings. The molecule has 1 aliphatic heterocycles. The molecule has 1 atom stereocenters. The summed E-state index contributed by atoms with van der Waals surface area (Å²) in [6, 6.07) is 12.4. The number of nitrogens with zero attached hydrogens (tertiary/aromatic N) is 5. The van der Waals surface area contributed by atoms with Gasteiger partial charge >= 0.3 is 0 Å². The van der Waals surface area contributed by atoms with Gasteiger partial charge in [-0.25, -0.2) is 15.0 Å². The molecular formula is C27H27N7O3. The van der Waals surface area contributed by atoms with Crippen molar-refractivity contribution >= 4 is 29.1 Å². The summed E-state index contributed by atoms with van der Waals surface area (Å²) < 4.78 is 7.00. The largest absolute Gasteiger partial charge is 0.497 e. The molecule has 0 saturated carbocycles. The fourth-order valence-electron chi connectivity index (χ4n) is 4.58. The highest BCUT2D eigenvalue weighted by atomic mass is 16.5. The molecule has 0 bridgehead atoms. The summed E-state index contributed by atoms with van der Waals surface area (Å²) in [5.74, 6) is 1.75. The Balaban J connectivity index is 1.43. The van der Waals surface area contributed by atoms with Crippen molar-refractivity contribution in [2.75, 3.05) is 31.2 Å². The van der Waals surface area contributed by atoms with E-state index in [0.717, 1.165) is 23.2 Å². The van der Waals surface area contributed by atoms with Crippen molar-refractivity contribution in [2.24, 2.45) is 0 Å². The van der Waals surface area contributed by atoms with Crippen LogP contribution in [0.1, 0.15) is 35.3 Å². The molecule has 4 heterocycles. The van der Waals surface area contributed by atoms with E-state index in [2.05, 4.69) is 15.3 Å². The molecule has 1 aliphatic rings. The molecule has 10 nitrogen and oxygen atoms in total. The number of nitrogens with one attached hydrogen (secondary N) is 1. The minimum Gasteiger partial charge on any atom is -0.497 e. The number of nitrogen functional groups attached to an aromatic ring is 1. The lowest BCUT2D eigenvalue weighted by molar-refractivity contribution is -0.125. The number of carbonyl (C=O) groups excluding carboxylic acids is 2. The van der Waals surface area contributed by atoms with Gasteiger partial charge < -0.3 is 20.7 Å². The average molecular weight is 498 g/mol. The summed E-state index contributed by atoms with van der Waals surface area (Å²) in [6.45, 7) is 3.10. The van der Waals surface area contributed by atoms with Crippen LogP contribution in [0.2, 0.25) is 0 Å². The summed E-state index contributed by atoms with van der Waals surface area (Å²) in [6.07, 6.45) is 7.38. The quantitative estimate of drug-likeness (QED) is 0.390. The lowest BCUT2D eigenvalue weighted by atomic mass is 10.0. The predicted octanol–water partition coefficient (Wildman–Crippen LogP) is 3.53. The van der Waals surface area contributed by atoms with Crippen molar-refractivity contribution in [3.63, 3.8) is 0 Å². The first-order chi connectivity index (χ1) is 18.0. The molecular weight excluding hydrogens is 470 g/mol. The Morgan fingerprint density at radius 2 is 1.92 bits per heavy atom. The second kappa shape index (κ2) is 10.1. The van der Waals surface area contributed by atoms with E-state index in [0.29, 0.717) is 42.0 Å². The summed E-state index contributed by atoms with van der Waals surface area (Å²) in [7, 11) is 1.55. The first-order valence-electron chi connectivity index (χ1n) is 11.9. The highest BCUT2D eigenvalue weighted by Gasteiger charge is 2.30. The number of fused-ring (bicyclic) bond motifs is 1. The molecule has 188 valence electrons. The van der Waals surface area contributed by atoms with E-state index in [1.807, 2.05) is 34.4 Å². The first kappa shape index (κ1) is 24.0. The average Bonchev–Trinajstić information content (AvgIpc) is 3.55. The van der Waals surface area contributed by atoms with Crippen molar-refractivity contribution in [3.05, 3.63) is 78.3 Å². The Morgan fingerprint density at radius 3 is 2.68 bits per heavy atom. The minimum atomic E-state index is -0.293. The number of anilines is 2. The number of aromatic nitrogens is 4. The van der Waals surface area contributed by atoms with Gasteiger partial charge in [-0.3, -0.25) is 14.0 Å². The number of imidazole rings is 1. The van der Waals surface area contributed by atoms with Gasteiger partial charge in [-0.05, 0) is 43.7 Å². The maximum Gasteiger partial charge on any atom is 0.256 e. The van der Waals surface area contributed by atoms with E-state index in [-0.39, 0.29) is 17.7 Å². The van der Waals surface area contributed by atoms with Gasteiger partial charge in [-0.15, -0.1) is 0 Å². The second-order valence-electron chi connectivity index (χ2n) is 8.73. The number of ether oxygens (including phenoxy) is 1. The monoisotopic (exact) mass is 497 g/mol. The standard InChI is InChI=1S/C27H27N7O3/c1-3-4-23(35)33-14-11-19(16-33)24-21-10-13-30-27(28)34(21)25(32-24)17-5-7-18(8-6-17)26(36)31-22-15-20(37-2)9-12-29-22/h3-10,12-13,15,19H,11,14,16H2,1-2H3,(H2,28,30)(H,29,31,36)/b4-3+. The third-order valence-corrected chi connectivity index (χ3v) is 6.42. The highest BCUT2D eigenvalue weighted by Crippen LogP contribution is 2.34. The Kier molecular flexibility index (Phi) is 6.55. The van der Waals surface area contributed by atoms with Crippen LogP contribution in [-0.4, -0.2) is 56.3 Å². The number of hydrogen-bond acceptors (Lipinski definition) is 7. The number of likely N-dealkylation sites (tertiary alicyclic amines) is 1. The van der Waals surface area contributed by atoms with E-state index in [4.69, 9.17) is 15.5 Å². The van der Waals surface area contributed by atoms with E-state index in [1.165, 1.54) is 0 Å². The summed E-state index contributed by atoms with van der Waals surface area (Å²) in [5, 5.41) is 2.78. The van der Waals surface area contributed by atoms with Crippen molar-refractivity contribution in [1.82, 2.24) is 24.3 Å². The molecule has 2 amide bonds. The number of pyridine rings is 1. The molecule has 0 radical (unpaired) electrons. The summed E-state index contributed by atoms with van der Waals surface area (Å²) >= 11 is 0. The molecule has 10 heteroatoms. The maximum atomic E-state index is 12.8. The second-order valence-corrected chi connectivity index (χ2v) is 8.73. The Labute approximate surface area is 213 Å². The van der Waals surface area contributed by atoms with Crippen LogP contribution in [0.15, 0.2) is 67.0 Å². The fourth-order valence-corrected chi connectivity index (χ4v) is 4.58. The van der Waals surface area contributed by atoms with Crippen LogP contribution in [-0.2, 0) is 4.79 Å². The Morgan fingerprint density at radius 1 is 1.14 bits per heavy atom. The number of nitrogens with two attached hydrogens (primary N) is 1.